The third kappa shape index (κ3) is 5.31. The van der Waals surface area contributed by atoms with E-state index in [1.807, 2.05) is 0 Å². The molecule has 1 heterocycles. The Morgan fingerprint density at radius 1 is 1.03 bits per heavy atom. The van der Waals surface area contributed by atoms with E-state index in [-0.39, 0.29) is 15.0 Å². The number of nitrogens with one attached hydrogen (secondary N) is 3. The van der Waals surface area contributed by atoms with Crippen LogP contribution in [0, 0.1) is 0 Å². The Kier molecular flexibility index (Phi) is 7.34. The number of carbonyl (C=O) groups excluding carboxylic acids is 1. The average Bonchev–Trinajstić information content (AvgIpc) is 3.37. The highest BCUT2D eigenvalue weighted by Gasteiger charge is 2.27. The lowest BCUT2D eigenvalue weighted by Gasteiger charge is -2.12. The normalized spacial score (nSPS) is 12.7. The molecule has 3 N–H and O–H groups in total. The summed E-state index contributed by atoms with van der Waals surface area (Å²) in [6, 6.07) is 10.5. The van der Waals surface area contributed by atoms with E-state index in [1.54, 1.807) is 12.1 Å². The van der Waals surface area contributed by atoms with Crippen LogP contribution in [-0.2, 0) is 27.6 Å². The first kappa shape index (κ1) is 24.7. The van der Waals surface area contributed by atoms with Gasteiger partial charge in [-0.05, 0) is 79.5 Å². The number of hydrogen-bond donors (Lipinski definition) is 3. The molecule has 0 aliphatic heterocycles. The highest BCUT2D eigenvalue weighted by atomic mass is 35.5. The van der Waals surface area contributed by atoms with Gasteiger partial charge in [-0.3, -0.25) is 4.72 Å². The molecule has 0 atom stereocenters. The fourth-order valence-corrected chi connectivity index (χ4v) is 6.48. The van der Waals surface area contributed by atoms with E-state index in [4.69, 9.17) is 40.2 Å². The second kappa shape index (κ2) is 10.1. The molecule has 4 rings (SSSR count). The first-order valence-electron chi connectivity index (χ1n) is 10.1. The van der Waals surface area contributed by atoms with E-state index >= 15 is 0 Å². The van der Waals surface area contributed by atoms with Gasteiger partial charge in [-0.1, -0.05) is 23.2 Å². The first-order valence-corrected chi connectivity index (χ1v) is 13.5. The van der Waals surface area contributed by atoms with Crippen molar-refractivity contribution in [1.82, 2.24) is 0 Å². The quantitative estimate of drug-likeness (QED) is 0.256. The number of thiocarbonyl (C=S) groups is 1. The molecular formula is C22H19Cl2N3O4S3. The maximum Gasteiger partial charge on any atom is 0.341 e. The molecule has 34 heavy (non-hydrogen) atoms. The molecule has 2 aromatic carbocycles. The SMILES string of the molecule is COC(=O)c1c(NC(=S)Nc2ccc(S(=O)(=O)Nc3ccc(Cl)c(Cl)c3)cc2)sc2c1CCC2. The average molecular weight is 557 g/mol. The minimum atomic E-state index is -3.83. The number of benzene rings is 2. The van der Waals surface area contributed by atoms with Gasteiger partial charge in [0.15, 0.2) is 5.11 Å². The standard InChI is InChI=1S/C22H19Cl2N3O4S3/c1-31-21(28)19-15-3-2-4-18(15)33-20(19)26-22(32)25-12-5-8-14(9-6-12)34(29,30)27-13-7-10-16(23)17(24)11-13/h5-11,27H,2-4H2,1H3,(H2,25,26,32). The van der Waals surface area contributed by atoms with Gasteiger partial charge >= 0.3 is 5.97 Å². The van der Waals surface area contributed by atoms with Crippen molar-refractivity contribution in [2.45, 2.75) is 24.2 Å². The lowest BCUT2D eigenvalue weighted by atomic mass is 10.1. The topological polar surface area (TPSA) is 96.5 Å². The first-order chi connectivity index (χ1) is 16.2. The summed E-state index contributed by atoms with van der Waals surface area (Å²) in [4.78, 5) is 13.5. The molecule has 0 radical (unpaired) electrons. The summed E-state index contributed by atoms with van der Waals surface area (Å²) in [5.74, 6) is -0.395. The minimum absolute atomic E-state index is 0.0608. The van der Waals surface area contributed by atoms with Crippen LogP contribution in [0.4, 0.5) is 16.4 Å². The van der Waals surface area contributed by atoms with E-state index in [0.717, 1.165) is 29.7 Å². The molecule has 0 saturated carbocycles. The Morgan fingerprint density at radius 3 is 2.41 bits per heavy atom. The molecular weight excluding hydrogens is 537 g/mol. The second-order valence-electron chi connectivity index (χ2n) is 7.39. The molecule has 0 unspecified atom stereocenters. The van der Waals surface area contributed by atoms with Gasteiger partial charge < -0.3 is 15.4 Å². The molecule has 7 nitrogen and oxygen atoms in total. The zero-order chi connectivity index (χ0) is 24.5. The summed E-state index contributed by atoms with van der Waals surface area (Å²) >= 11 is 18.7. The van der Waals surface area contributed by atoms with Crippen molar-refractivity contribution in [3.05, 3.63) is 68.5 Å². The fourth-order valence-electron chi connectivity index (χ4n) is 3.57. The van der Waals surface area contributed by atoms with E-state index in [0.29, 0.717) is 27.0 Å². The van der Waals surface area contributed by atoms with Crippen LogP contribution in [-0.4, -0.2) is 26.6 Å². The van der Waals surface area contributed by atoms with Gasteiger partial charge in [-0.2, -0.15) is 0 Å². The van der Waals surface area contributed by atoms with Crippen LogP contribution in [0.15, 0.2) is 47.4 Å². The molecule has 3 aromatic rings. The van der Waals surface area contributed by atoms with Crippen molar-refractivity contribution in [2.75, 3.05) is 22.5 Å². The Bertz CT molecular complexity index is 1370. The van der Waals surface area contributed by atoms with Gasteiger partial charge in [-0.25, -0.2) is 13.2 Å². The molecule has 0 bridgehead atoms. The van der Waals surface area contributed by atoms with Crippen LogP contribution in [0.25, 0.3) is 0 Å². The zero-order valence-electron chi connectivity index (χ0n) is 17.8. The molecule has 0 amide bonds. The number of esters is 1. The number of methoxy groups -OCH3 is 1. The van der Waals surface area contributed by atoms with Crippen LogP contribution in [0.2, 0.25) is 10.0 Å². The van der Waals surface area contributed by atoms with Crippen LogP contribution in [0.1, 0.15) is 27.2 Å². The van der Waals surface area contributed by atoms with Gasteiger partial charge in [0.25, 0.3) is 10.0 Å². The predicted molar refractivity (Wildman–Crippen MR) is 141 cm³/mol. The van der Waals surface area contributed by atoms with Gasteiger partial charge in [-0.15, -0.1) is 11.3 Å². The Morgan fingerprint density at radius 2 is 1.74 bits per heavy atom. The summed E-state index contributed by atoms with van der Waals surface area (Å²) in [6.45, 7) is 0. The number of carbonyl (C=O) groups is 1. The fraction of sp³-hybridized carbons (Fsp3) is 0.182. The number of hydrogen-bond acceptors (Lipinski definition) is 6. The van der Waals surface area contributed by atoms with Crippen molar-refractivity contribution in [3.8, 4) is 0 Å². The van der Waals surface area contributed by atoms with Crippen LogP contribution in [0.3, 0.4) is 0 Å². The highest BCUT2D eigenvalue weighted by Crippen LogP contribution is 2.39. The largest absolute Gasteiger partial charge is 0.465 e. The molecule has 0 saturated heterocycles. The van der Waals surface area contributed by atoms with E-state index in [2.05, 4.69) is 15.4 Å². The van der Waals surface area contributed by atoms with Crippen molar-refractivity contribution >= 4 is 84.2 Å². The summed E-state index contributed by atoms with van der Waals surface area (Å²) < 4.78 is 32.8. The predicted octanol–water partition coefficient (Wildman–Crippen LogP) is 5.94. The van der Waals surface area contributed by atoms with Crippen LogP contribution in [0.5, 0.6) is 0 Å². The lowest BCUT2D eigenvalue weighted by Crippen LogP contribution is -2.20. The van der Waals surface area contributed by atoms with Crippen molar-refractivity contribution in [2.24, 2.45) is 0 Å². The highest BCUT2D eigenvalue weighted by molar-refractivity contribution is 7.92. The number of ether oxygens (including phenoxy) is 1. The van der Waals surface area contributed by atoms with Gasteiger partial charge in [0.1, 0.15) is 5.00 Å². The number of thiophene rings is 1. The van der Waals surface area contributed by atoms with E-state index in [1.165, 1.54) is 48.8 Å². The van der Waals surface area contributed by atoms with Crippen molar-refractivity contribution in [1.29, 1.82) is 0 Å². The summed E-state index contributed by atoms with van der Waals surface area (Å²) in [7, 11) is -2.48. The van der Waals surface area contributed by atoms with Crippen LogP contribution >= 0.6 is 46.8 Å². The molecule has 0 spiro atoms. The maximum atomic E-state index is 12.7. The monoisotopic (exact) mass is 555 g/mol. The Balaban J connectivity index is 1.44. The number of halogens is 2. The van der Waals surface area contributed by atoms with E-state index < -0.39 is 16.0 Å². The molecule has 178 valence electrons. The van der Waals surface area contributed by atoms with Crippen LogP contribution < -0.4 is 15.4 Å². The number of aryl methyl sites for hydroxylation is 1. The number of anilines is 3. The van der Waals surface area contributed by atoms with Gasteiger partial charge in [0, 0.05) is 10.6 Å². The molecule has 1 aliphatic carbocycles. The maximum absolute atomic E-state index is 12.7. The van der Waals surface area contributed by atoms with Crippen molar-refractivity contribution in [3.63, 3.8) is 0 Å². The number of sulfonamides is 1. The minimum Gasteiger partial charge on any atom is -0.465 e. The summed E-state index contributed by atoms with van der Waals surface area (Å²) in [5, 5.41) is 7.57. The molecule has 1 aliphatic rings. The van der Waals surface area contributed by atoms with Gasteiger partial charge in [0.2, 0.25) is 0 Å². The Hall–Kier alpha value is -2.37. The summed E-state index contributed by atoms with van der Waals surface area (Å²) in [6.07, 6.45) is 2.78. The smallest absolute Gasteiger partial charge is 0.341 e. The van der Waals surface area contributed by atoms with Gasteiger partial charge in [0.05, 0.1) is 33.3 Å². The zero-order valence-corrected chi connectivity index (χ0v) is 21.7. The molecule has 0 fully saturated rings. The lowest BCUT2D eigenvalue weighted by molar-refractivity contribution is 0.0601. The third-order valence-corrected chi connectivity index (χ3v) is 8.68. The third-order valence-electron chi connectivity index (χ3n) is 5.13. The second-order valence-corrected chi connectivity index (χ2v) is 11.4. The molecule has 1 aromatic heterocycles. The summed E-state index contributed by atoms with van der Waals surface area (Å²) in [5.41, 5.74) is 2.42. The Labute approximate surface area is 216 Å². The number of rotatable bonds is 6. The van der Waals surface area contributed by atoms with E-state index in [9.17, 15) is 13.2 Å². The number of fused-ring (bicyclic) bond motifs is 1. The molecule has 12 heteroatoms. The van der Waals surface area contributed by atoms with Crippen molar-refractivity contribution < 1.29 is 17.9 Å².